The Bertz CT molecular complexity index is 398. The second kappa shape index (κ2) is 9.20. The van der Waals surface area contributed by atoms with Crippen LogP contribution in [0.3, 0.4) is 0 Å². The molecule has 2 aliphatic rings. The van der Waals surface area contributed by atoms with Crippen LogP contribution in [0.2, 0.25) is 0 Å². The molecule has 23 heavy (non-hydrogen) atoms. The lowest BCUT2D eigenvalue weighted by atomic mass is 9.94. The van der Waals surface area contributed by atoms with Gasteiger partial charge in [0.2, 0.25) is 11.8 Å². The standard InChI is InChI=1S/C16H28N2O5/c1-2-17-15(20)9-12-3-4-13(14(10-19)23-12)18-16(21)11-5-7-22-8-6-11/h11-14,19H,2-10H2,1H3,(H,17,20)(H,18,21)/t12-,13-,14-/m0/s1. The van der Waals surface area contributed by atoms with Crippen LogP contribution >= 0.6 is 0 Å². The summed E-state index contributed by atoms with van der Waals surface area (Å²) in [6, 6.07) is -0.194. The first-order chi connectivity index (χ1) is 11.1. The molecule has 7 nitrogen and oxygen atoms in total. The Labute approximate surface area is 137 Å². The molecular weight excluding hydrogens is 300 g/mol. The van der Waals surface area contributed by atoms with Crippen molar-refractivity contribution in [2.75, 3.05) is 26.4 Å². The van der Waals surface area contributed by atoms with E-state index >= 15 is 0 Å². The van der Waals surface area contributed by atoms with Crippen LogP contribution in [0.25, 0.3) is 0 Å². The van der Waals surface area contributed by atoms with Crippen molar-refractivity contribution in [3.8, 4) is 0 Å². The van der Waals surface area contributed by atoms with Crippen LogP contribution in [0.4, 0.5) is 0 Å². The fraction of sp³-hybridized carbons (Fsp3) is 0.875. The summed E-state index contributed by atoms with van der Waals surface area (Å²) in [6.45, 7) is 3.55. The second-order valence-electron chi connectivity index (χ2n) is 6.22. The van der Waals surface area contributed by atoms with Gasteiger partial charge < -0.3 is 25.2 Å². The lowest BCUT2D eigenvalue weighted by Gasteiger charge is -2.36. The van der Waals surface area contributed by atoms with Crippen LogP contribution in [0.5, 0.6) is 0 Å². The van der Waals surface area contributed by atoms with Crippen molar-refractivity contribution >= 4 is 11.8 Å². The van der Waals surface area contributed by atoms with Crippen LogP contribution in [0.15, 0.2) is 0 Å². The second-order valence-corrected chi connectivity index (χ2v) is 6.22. The molecular formula is C16H28N2O5. The normalized spacial score (nSPS) is 29.0. The van der Waals surface area contributed by atoms with Crippen molar-refractivity contribution in [1.82, 2.24) is 10.6 Å². The molecule has 7 heteroatoms. The molecule has 0 unspecified atom stereocenters. The molecule has 0 spiro atoms. The highest BCUT2D eigenvalue weighted by Gasteiger charge is 2.34. The van der Waals surface area contributed by atoms with E-state index in [1.165, 1.54) is 0 Å². The van der Waals surface area contributed by atoms with E-state index in [0.717, 1.165) is 12.8 Å². The Morgan fingerprint density at radius 2 is 1.91 bits per heavy atom. The van der Waals surface area contributed by atoms with Crippen LogP contribution in [0.1, 0.15) is 39.0 Å². The number of aliphatic hydroxyl groups is 1. The first-order valence-electron chi connectivity index (χ1n) is 8.55. The highest BCUT2D eigenvalue weighted by molar-refractivity contribution is 5.79. The number of carbonyl (C=O) groups excluding carboxylic acids is 2. The van der Waals surface area contributed by atoms with E-state index < -0.39 is 6.10 Å². The van der Waals surface area contributed by atoms with Gasteiger partial charge in [-0.05, 0) is 32.6 Å². The average molecular weight is 328 g/mol. The monoisotopic (exact) mass is 328 g/mol. The smallest absolute Gasteiger partial charge is 0.223 e. The number of carbonyl (C=O) groups is 2. The van der Waals surface area contributed by atoms with Gasteiger partial charge in [-0.3, -0.25) is 9.59 Å². The van der Waals surface area contributed by atoms with Gasteiger partial charge in [0.15, 0.2) is 0 Å². The molecule has 0 aromatic carbocycles. The molecule has 2 saturated heterocycles. The summed E-state index contributed by atoms with van der Waals surface area (Å²) in [6.07, 6.45) is 2.54. The van der Waals surface area contributed by atoms with Crippen molar-refractivity contribution in [3.05, 3.63) is 0 Å². The Morgan fingerprint density at radius 1 is 1.17 bits per heavy atom. The summed E-state index contributed by atoms with van der Waals surface area (Å²) in [5.74, 6) is -0.0439. The van der Waals surface area contributed by atoms with E-state index in [1.54, 1.807) is 0 Å². The van der Waals surface area contributed by atoms with Gasteiger partial charge in [-0.2, -0.15) is 0 Å². The van der Waals surface area contributed by atoms with Crippen molar-refractivity contribution in [3.63, 3.8) is 0 Å². The van der Waals surface area contributed by atoms with Crippen molar-refractivity contribution < 1.29 is 24.2 Å². The quantitative estimate of drug-likeness (QED) is 0.636. The third-order valence-electron chi connectivity index (χ3n) is 4.50. The summed E-state index contributed by atoms with van der Waals surface area (Å²) >= 11 is 0. The Balaban J connectivity index is 1.81. The van der Waals surface area contributed by atoms with Crippen LogP contribution < -0.4 is 10.6 Å². The lowest BCUT2D eigenvalue weighted by Crippen LogP contribution is -2.53. The van der Waals surface area contributed by atoms with E-state index in [2.05, 4.69) is 10.6 Å². The third-order valence-corrected chi connectivity index (χ3v) is 4.50. The predicted molar refractivity (Wildman–Crippen MR) is 83.8 cm³/mol. The topological polar surface area (TPSA) is 96.9 Å². The van der Waals surface area contributed by atoms with Crippen LogP contribution in [-0.2, 0) is 19.1 Å². The van der Waals surface area contributed by atoms with E-state index in [9.17, 15) is 14.7 Å². The Morgan fingerprint density at radius 3 is 2.57 bits per heavy atom. The largest absolute Gasteiger partial charge is 0.394 e. The summed E-state index contributed by atoms with van der Waals surface area (Å²) in [5, 5.41) is 15.3. The van der Waals surface area contributed by atoms with E-state index in [0.29, 0.717) is 39.0 Å². The van der Waals surface area contributed by atoms with Crippen LogP contribution in [-0.4, -0.2) is 61.5 Å². The molecule has 0 aromatic rings. The van der Waals surface area contributed by atoms with Crippen LogP contribution in [0, 0.1) is 5.92 Å². The molecule has 2 amide bonds. The number of rotatable bonds is 6. The van der Waals surface area contributed by atoms with Crippen molar-refractivity contribution in [2.24, 2.45) is 5.92 Å². The van der Waals surface area contributed by atoms with Crippen molar-refractivity contribution in [2.45, 2.75) is 57.3 Å². The van der Waals surface area contributed by atoms with Gasteiger partial charge in [-0.25, -0.2) is 0 Å². The zero-order valence-corrected chi connectivity index (χ0v) is 13.8. The lowest BCUT2D eigenvalue weighted by molar-refractivity contribution is -0.138. The molecule has 0 bridgehead atoms. The fourth-order valence-corrected chi connectivity index (χ4v) is 3.18. The number of hydrogen-bond acceptors (Lipinski definition) is 5. The fourth-order valence-electron chi connectivity index (χ4n) is 3.18. The van der Waals surface area contributed by atoms with Gasteiger partial charge >= 0.3 is 0 Å². The van der Waals surface area contributed by atoms with Gasteiger partial charge in [-0.15, -0.1) is 0 Å². The SMILES string of the molecule is CCNC(=O)C[C@@H]1CC[C@H](NC(=O)C2CCOCC2)[C@H](CO)O1. The Hall–Kier alpha value is -1.18. The van der Waals surface area contributed by atoms with Gasteiger partial charge in [0.25, 0.3) is 0 Å². The van der Waals surface area contributed by atoms with E-state index in [4.69, 9.17) is 9.47 Å². The molecule has 0 aliphatic carbocycles. The number of amides is 2. The zero-order valence-electron chi connectivity index (χ0n) is 13.8. The zero-order chi connectivity index (χ0) is 16.7. The maximum absolute atomic E-state index is 12.3. The molecule has 2 aliphatic heterocycles. The molecule has 2 fully saturated rings. The summed E-state index contributed by atoms with van der Waals surface area (Å²) in [7, 11) is 0. The van der Waals surface area contributed by atoms with E-state index in [1.807, 2.05) is 6.92 Å². The van der Waals surface area contributed by atoms with Gasteiger partial charge in [-0.1, -0.05) is 0 Å². The first kappa shape index (κ1) is 18.2. The molecule has 3 atom stereocenters. The van der Waals surface area contributed by atoms with Gasteiger partial charge in [0.1, 0.15) is 6.10 Å². The number of ether oxygens (including phenoxy) is 2. The summed E-state index contributed by atoms with van der Waals surface area (Å²) in [5.41, 5.74) is 0. The van der Waals surface area contributed by atoms with Gasteiger partial charge in [0, 0.05) is 25.7 Å². The number of hydrogen-bond donors (Lipinski definition) is 3. The number of aliphatic hydroxyl groups excluding tert-OH is 1. The molecule has 0 saturated carbocycles. The van der Waals surface area contributed by atoms with E-state index in [-0.39, 0.29) is 36.5 Å². The Kier molecular flexibility index (Phi) is 7.26. The molecule has 2 heterocycles. The van der Waals surface area contributed by atoms with Crippen molar-refractivity contribution in [1.29, 1.82) is 0 Å². The molecule has 0 aromatic heterocycles. The number of nitrogens with one attached hydrogen (secondary N) is 2. The summed E-state index contributed by atoms with van der Waals surface area (Å²) in [4.78, 5) is 23.9. The summed E-state index contributed by atoms with van der Waals surface area (Å²) < 4.78 is 11.1. The predicted octanol–water partition coefficient (Wildman–Crippen LogP) is -0.0361. The first-order valence-corrected chi connectivity index (χ1v) is 8.55. The minimum absolute atomic E-state index is 0.0162. The molecule has 3 N–H and O–H groups in total. The molecule has 132 valence electrons. The minimum Gasteiger partial charge on any atom is -0.394 e. The third kappa shape index (κ3) is 5.44. The highest BCUT2D eigenvalue weighted by Crippen LogP contribution is 2.23. The average Bonchev–Trinajstić information content (AvgIpc) is 2.57. The maximum atomic E-state index is 12.3. The highest BCUT2D eigenvalue weighted by atomic mass is 16.5. The molecule has 2 rings (SSSR count). The minimum atomic E-state index is -0.452. The van der Waals surface area contributed by atoms with Gasteiger partial charge in [0.05, 0.1) is 25.2 Å². The maximum Gasteiger partial charge on any atom is 0.223 e. The molecule has 0 radical (unpaired) electrons.